The molecule has 0 spiro atoms. The number of carboxylic acid groups (broad SMARTS) is 1. The van der Waals surface area contributed by atoms with Crippen molar-refractivity contribution in [1.82, 2.24) is 0 Å². The molecule has 2 rings (SSSR count). The Bertz CT molecular complexity index is 522. The van der Waals surface area contributed by atoms with Crippen molar-refractivity contribution in [3.63, 3.8) is 0 Å². The summed E-state index contributed by atoms with van der Waals surface area (Å²) in [6.07, 6.45) is -1.44. The third-order valence-electron chi connectivity index (χ3n) is 2.41. The molecular formula is C14H12O3Se. The summed E-state index contributed by atoms with van der Waals surface area (Å²) in [5, 5.41) is 18.1. The zero-order valence-electron chi connectivity index (χ0n) is 9.48. The summed E-state index contributed by atoms with van der Waals surface area (Å²) in [7, 11) is 0. The minimum atomic E-state index is -1.44. The summed E-state index contributed by atoms with van der Waals surface area (Å²) in [5.74, 6) is -1.23. The molecule has 0 aliphatic heterocycles. The van der Waals surface area contributed by atoms with E-state index in [9.17, 15) is 9.90 Å². The molecule has 0 heterocycles. The topological polar surface area (TPSA) is 57.5 Å². The monoisotopic (exact) mass is 308 g/mol. The van der Waals surface area contributed by atoms with Crippen molar-refractivity contribution < 1.29 is 15.0 Å². The van der Waals surface area contributed by atoms with Crippen LogP contribution in [0.25, 0.3) is 0 Å². The first kappa shape index (κ1) is 12.8. The first-order valence-corrected chi connectivity index (χ1v) is 7.12. The van der Waals surface area contributed by atoms with Gasteiger partial charge in [0.2, 0.25) is 0 Å². The van der Waals surface area contributed by atoms with Crippen molar-refractivity contribution in [2.24, 2.45) is 0 Å². The van der Waals surface area contributed by atoms with E-state index in [1.807, 2.05) is 30.3 Å². The van der Waals surface area contributed by atoms with E-state index >= 15 is 0 Å². The predicted molar refractivity (Wildman–Crippen MR) is 70.5 cm³/mol. The van der Waals surface area contributed by atoms with Gasteiger partial charge in [-0.3, -0.25) is 0 Å². The van der Waals surface area contributed by atoms with Crippen molar-refractivity contribution in [2.75, 3.05) is 0 Å². The van der Waals surface area contributed by atoms with Crippen LogP contribution in [0.1, 0.15) is 11.7 Å². The molecule has 1 unspecified atom stereocenters. The summed E-state index contributed by atoms with van der Waals surface area (Å²) in [6.45, 7) is 0. The summed E-state index contributed by atoms with van der Waals surface area (Å²) in [5.41, 5.74) is 0.412. The van der Waals surface area contributed by atoms with Crippen LogP contribution in [0.5, 0.6) is 0 Å². The Morgan fingerprint density at radius 1 is 0.944 bits per heavy atom. The second-order valence-electron chi connectivity index (χ2n) is 3.72. The maximum absolute atomic E-state index is 10.6. The molecule has 0 aliphatic carbocycles. The second-order valence-corrected chi connectivity index (χ2v) is 6.13. The normalized spacial score (nSPS) is 12.1. The molecule has 2 aromatic carbocycles. The molecule has 0 radical (unpaired) electrons. The van der Waals surface area contributed by atoms with Gasteiger partial charge in [0.25, 0.3) is 0 Å². The second kappa shape index (κ2) is 5.82. The number of rotatable bonds is 4. The Morgan fingerprint density at radius 3 is 2.06 bits per heavy atom. The van der Waals surface area contributed by atoms with Crippen molar-refractivity contribution in [3.05, 3.63) is 60.2 Å². The molecule has 3 nitrogen and oxygen atoms in total. The molecule has 4 heteroatoms. The zero-order valence-corrected chi connectivity index (χ0v) is 11.2. The van der Waals surface area contributed by atoms with Gasteiger partial charge in [0.05, 0.1) is 0 Å². The van der Waals surface area contributed by atoms with Crippen LogP contribution in [-0.4, -0.2) is 31.1 Å². The number of hydrogen-bond donors (Lipinski definition) is 2. The van der Waals surface area contributed by atoms with Gasteiger partial charge in [-0.2, -0.15) is 0 Å². The van der Waals surface area contributed by atoms with Crippen molar-refractivity contribution >= 4 is 29.8 Å². The fraction of sp³-hybridized carbons (Fsp3) is 0.0714. The van der Waals surface area contributed by atoms with Gasteiger partial charge >= 0.3 is 111 Å². The molecule has 0 saturated heterocycles. The summed E-state index contributed by atoms with van der Waals surface area (Å²) < 4.78 is 2.41. The molecule has 18 heavy (non-hydrogen) atoms. The minimum absolute atomic E-state index is 0.202. The Hall–Kier alpha value is -1.61. The molecule has 2 aromatic rings. The van der Waals surface area contributed by atoms with Gasteiger partial charge in [0, 0.05) is 0 Å². The molecule has 1 atom stereocenters. The number of carboxylic acids is 1. The van der Waals surface area contributed by atoms with Crippen LogP contribution < -0.4 is 8.92 Å². The number of aliphatic hydroxyl groups is 1. The molecule has 0 amide bonds. The standard InChI is InChI=1S/C14H12O3Se/c15-13(14(16)17)10-6-8-12(9-7-10)18-11-4-2-1-3-5-11/h1-9,13,15H,(H,16,17). The molecule has 0 aliphatic rings. The van der Waals surface area contributed by atoms with E-state index in [1.165, 1.54) is 4.46 Å². The van der Waals surface area contributed by atoms with Gasteiger partial charge in [-0.1, -0.05) is 0 Å². The third-order valence-corrected chi connectivity index (χ3v) is 4.54. The van der Waals surface area contributed by atoms with Crippen molar-refractivity contribution in [1.29, 1.82) is 0 Å². The number of aliphatic hydroxyl groups excluding tert-OH is 1. The number of benzene rings is 2. The average molecular weight is 307 g/mol. The molecule has 0 fully saturated rings. The van der Waals surface area contributed by atoms with Crippen LogP contribution in [0, 0.1) is 0 Å². The zero-order chi connectivity index (χ0) is 13.0. The third kappa shape index (κ3) is 3.20. The molecular weight excluding hydrogens is 295 g/mol. The van der Waals surface area contributed by atoms with E-state index in [0.29, 0.717) is 5.56 Å². The van der Waals surface area contributed by atoms with Crippen LogP contribution in [0.15, 0.2) is 54.6 Å². The van der Waals surface area contributed by atoms with Crippen molar-refractivity contribution in [3.8, 4) is 0 Å². The van der Waals surface area contributed by atoms with E-state index in [4.69, 9.17) is 5.11 Å². The van der Waals surface area contributed by atoms with E-state index in [-0.39, 0.29) is 15.0 Å². The summed E-state index contributed by atoms with van der Waals surface area (Å²) in [4.78, 5) is 10.6. The average Bonchev–Trinajstić information content (AvgIpc) is 2.40. The Kier molecular flexibility index (Phi) is 4.15. The Morgan fingerprint density at radius 2 is 1.50 bits per heavy atom. The van der Waals surface area contributed by atoms with Crippen LogP contribution >= 0.6 is 0 Å². The van der Waals surface area contributed by atoms with E-state index < -0.39 is 12.1 Å². The van der Waals surface area contributed by atoms with Gasteiger partial charge in [0.1, 0.15) is 0 Å². The molecule has 2 N–H and O–H groups in total. The van der Waals surface area contributed by atoms with E-state index in [1.54, 1.807) is 12.1 Å². The fourth-order valence-electron chi connectivity index (χ4n) is 1.49. The fourth-order valence-corrected chi connectivity index (χ4v) is 3.24. The molecule has 0 aromatic heterocycles. The van der Waals surface area contributed by atoms with E-state index in [2.05, 4.69) is 12.1 Å². The van der Waals surface area contributed by atoms with Crippen LogP contribution in [-0.2, 0) is 4.79 Å². The predicted octanol–water partition coefficient (Wildman–Crippen LogP) is 0.460. The Balaban J connectivity index is 2.11. The van der Waals surface area contributed by atoms with Crippen LogP contribution in [0.3, 0.4) is 0 Å². The van der Waals surface area contributed by atoms with Crippen molar-refractivity contribution in [2.45, 2.75) is 6.10 Å². The quantitative estimate of drug-likeness (QED) is 0.807. The molecule has 92 valence electrons. The van der Waals surface area contributed by atoms with Crippen LogP contribution in [0.2, 0.25) is 0 Å². The Labute approximate surface area is 111 Å². The van der Waals surface area contributed by atoms with Gasteiger partial charge in [-0.05, 0) is 0 Å². The van der Waals surface area contributed by atoms with E-state index in [0.717, 1.165) is 4.46 Å². The molecule has 0 saturated carbocycles. The first-order chi connectivity index (χ1) is 8.66. The van der Waals surface area contributed by atoms with Gasteiger partial charge in [-0.15, -0.1) is 0 Å². The number of carbonyl (C=O) groups is 1. The number of aliphatic carboxylic acids is 1. The summed E-state index contributed by atoms with van der Waals surface area (Å²) >= 11 is 0.202. The van der Waals surface area contributed by atoms with Gasteiger partial charge in [-0.25, -0.2) is 0 Å². The van der Waals surface area contributed by atoms with Gasteiger partial charge < -0.3 is 0 Å². The van der Waals surface area contributed by atoms with Crippen LogP contribution in [0.4, 0.5) is 0 Å². The maximum atomic E-state index is 10.6. The van der Waals surface area contributed by atoms with Gasteiger partial charge in [0.15, 0.2) is 0 Å². The number of hydrogen-bond acceptors (Lipinski definition) is 2. The first-order valence-electron chi connectivity index (χ1n) is 5.40. The summed E-state index contributed by atoms with van der Waals surface area (Å²) in [6, 6.07) is 17.2. The SMILES string of the molecule is O=C(O)C(O)c1ccc([Se]c2ccccc2)cc1. The molecule has 0 bridgehead atoms.